The third-order valence-electron chi connectivity index (χ3n) is 5.87. The topological polar surface area (TPSA) is 105 Å². The van der Waals surface area contributed by atoms with Gasteiger partial charge in [-0.3, -0.25) is 14.5 Å². The molecule has 1 unspecified atom stereocenters. The lowest BCUT2D eigenvalue weighted by Crippen LogP contribution is -2.58. The Morgan fingerprint density at radius 2 is 1.76 bits per heavy atom. The van der Waals surface area contributed by atoms with Crippen molar-refractivity contribution in [2.75, 3.05) is 13.7 Å². The molecule has 29 heavy (non-hydrogen) atoms. The van der Waals surface area contributed by atoms with E-state index in [0.717, 1.165) is 29.7 Å². The monoisotopic (exact) mass is 401 g/mol. The van der Waals surface area contributed by atoms with Gasteiger partial charge in [0.15, 0.2) is 0 Å². The van der Waals surface area contributed by atoms with E-state index in [1.54, 1.807) is 19.1 Å². The molecule has 0 radical (unpaired) electrons. The van der Waals surface area contributed by atoms with Crippen LogP contribution in [0.3, 0.4) is 0 Å². The average molecular weight is 401 g/mol. The Morgan fingerprint density at radius 3 is 2.34 bits per heavy atom. The van der Waals surface area contributed by atoms with Crippen molar-refractivity contribution >= 4 is 23.8 Å². The number of nitrogens with one attached hydrogen (secondary N) is 2. The minimum atomic E-state index is -1.24. The molecule has 0 spiro atoms. The van der Waals surface area contributed by atoms with Crippen molar-refractivity contribution in [3.63, 3.8) is 0 Å². The van der Waals surface area contributed by atoms with Gasteiger partial charge in [0.2, 0.25) is 5.91 Å². The maximum Gasteiger partial charge on any atom is 0.331 e. The van der Waals surface area contributed by atoms with Gasteiger partial charge in [0, 0.05) is 0 Å². The first-order valence-electron chi connectivity index (χ1n) is 9.82. The third-order valence-corrected chi connectivity index (χ3v) is 5.87. The lowest BCUT2D eigenvalue weighted by atomic mass is 9.81. The number of rotatable bonds is 5. The Balaban J connectivity index is 1.74. The van der Waals surface area contributed by atoms with Crippen LogP contribution in [-0.4, -0.2) is 47.9 Å². The van der Waals surface area contributed by atoms with Crippen molar-refractivity contribution in [1.29, 1.82) is 0 Å². The molecule has 3 rings (SSSR count). The molecule has 8 heteroatoms. The summed E-state index contributed by atoms with van der Waals surface area (Å²) in [6.07, 6.45) is 3.53. The van der Waals surface area contributed by atoms with Crippen LogP contribution in [0.5, 0.6) is 0 Å². The fourth-order valence-corrected chi connectivity index (χ4v) is 4.10. The first-order valence-corrected chi connectivity index (χ1v) is 9.82. The highest BCUT2D eigenvalue weighted by Gasteiger charge is 2.50. The summed E-state index contributed by atoms with van der Waals surface area (Å²) in [6.45, 7) is 3.10. The fourth-order valence-electron chi connectivity index (χ4n) is 4.10. The zero-order chi connectivity index (χ0) is 21.2. The molecule has 2 fully saturated rings. The second kappa shape index (κ2) is 7.85. The van der Waals surface area contributed by atoms with E-state index in [9.17, 15) is 19.2 Å². The summed E-state index contributed by atoms with van der Waals surface area (Å²) in [7, 11) is 1.29. The number of urea groups is 1. The van der Waals surface area contributed by atoms with E-state index in [4.69, 9.17) is 4.74 Å². The number of aryl methyl sites for hydroxylation is 1. The SMILES string of the molecule is COC(=O)C1(NC(=O)CN2C(=O)NC(C)(c3ccc(C)cc3)C2=O)CCCCC1. The van der Waals surface area contributed by atoms with Crippen molar-refractivity contribution in [1.82, 2.24) is 15.5 Å². The summed E-state index contributed by atoms with van der Waals surface area (Å²) >= 11 is 0. The number of hydrogen-bond donors (Lipinski definition) is 2. The van der Waals surface area contributed by atoms with Gasteiger partial charge in [0.1, 0.15) is 17.6 Å². The summed E-state index contributed by atoms with van der Waals surface area (Å²) in [5.41, 5.74) is -0.659. The molecule has 1 aliphatic carbocycles. The molecule has 2 aliphatic rings. The molecule has 1 aromatic carbocycles. The zero-order valence-corrected chi connectivity index (χ0v) is 17.0. The highest BCUT2D eigenvalue weighted by Crippen LogP contribution is 2.31. The number of nitrogens with zero attached hydrogens (tertiary/aromatic N) is 1. The van der Waals surface area contributed by atoms with Crippen LogP contribution in [0.4, 0.5) is 4.79 Å². The van der Waals surface area contributed by atoms with Gasteiger partial charge < -0.3 is 15.4 Å². The van der Waals surface area contributed by atoms with E-state index < -0.39 is 41.4 Å². The van der Waals surface area contributed by atoms with Crippen LogP contribution in [0.25, 0.3) is 0 Å². The minimum Gasteiger partial charge on any atom is -0.467 e. The number of carbonyl (C=O) groups is 4. The molecule has 8 nitrogen and oxygen atoms in total. The Kier molecular flexibility index (Phi) is 5.64. The average Bonchev–Trinajstić information content (AvgIpc) is 2.92. The van der Waals surface area contributed by atoms with Gasteiger partial charge >= 0.3 is 12.0 Å². The summed E-state index contributed by atoms with van der Waals surface area (Å²) in [6, 6.07) is 6.65. The predicted octanol–water partition coefficient (Wildman–Crippen LogP) is 1.75. The predicted molar refractivity (Wildman–Crippen MR) is 105 cm³/mol. The van der Waals surface area contributed by atoms with Crippen LogP contribution < -0.4 is 10.6 Å². The normalized spacial score (nSPS) is 23.5. The molecule has 0 aromatic heterocycles. The zero-order valence-electron chi connectivity index (χ0n) is 17.0. The van der Waals surface area contributed by atoms with E-state index in [-0.39, 0.29) is 0 Å². The van der Waals surface area contributed by atoms with Crippen LogP contribution in [0.15, 0.2) is 24.3 Å². The number of imide groups is 1. The van der Waals surface area contributed by atoms with E-state index >= 15 is 0 Å². The van der Waals surface area contributed by atoms with Crippen LogP contribution >= 0.6 is 0 Å². The highest BCUT2D eigenvalue weighted by atomic mass is 16.5. The number of methoxy groups -OCH3 is 1. The molecule has 0 bridgehead atoms. The van der Waals surface area contributed by atoms with E-state index in [2.05, 4.69) is 10.6 Å². The van der Waals surface area contributed by atoms with Gasteiger partial charge in [-0.25, -0.2) is 9.59 Å². The van der Waals surface area contributed by atoms with Crippen molar-refractivity contribution in [2.45, 2.75) is 57.0 Å². The van der Waals surface area contributed by atoms with Crippen LogP contribution in [0.1, 0.15) is 50.2 Å². The Labute approximate surface area is 170 Å². The molecular formula is C21H27N3O5. The van der Waals surface area contributed by atoms with Gasteiger partial charge in [-0.15, -0.1) is 0 Å². The third kappa shape index (κ3) is 3.83. The van der Waals surface area contributed by atoms with Gasteiger partial charge in [0.05, 0.1) is 7.11 Å². The van der Waals surface area contributed by atoms with Crippen molar-refractivity contribution in [2.24, 2.45) is 0 Å². The summed E-state index contributed by atoms with van der Waals surface area (Å²) < 4.78 is 4.89. The highest BCUT2D eigenvalue weighted by molar-refractivity contribution is 6.09. The Hall–Kier alpha value is -2.90. The second-order valence-electron chi connectivity index (χ2n) is 8.00. The summed E-state index contributed by atoms with van der Waals surface area (Å²) in [5.74, 6) is -1.56. The van der Waals surface area contributed by atoms with E-state index in [1.165, 1.54) is 7.11 Å². The van der Waals surface area contributed by atoms with Gasteiger partial charge in [-0.2, -0.15) is 0 Å². The first-order chi connectivity index (χ1) is 13.7. The maximum absolute atomic E-state index is 13.0. The van der Waals surface area contributed by atoms with Crippen LogP contribution in [0.2, 0.25) is 0 Å². The van der Waals surface area contributed by atoms with E-state index in [1.807, 2.05) is 19.1 Å². The molecule has 1 aromatic rings. The van der Waals surface area contributed by atoms with Crippen molar-refractivity contribution in [3.05, 3.63) is 35.4 Å². The second-order valence-corrected chi connectivity index (χ2v) is 8.00. The lowest BCUT2D eigenvalue weighted by molar-refractivity contribution is -0.152. The minimum absolute atomic E-state index is 0.454. The Morgan fingerprint density at radius 1 is 1.14 bits per heavy atom. The molecule has 1 saturated carbocycles. The number of esters is 1. The molecule has 156 valence electrons. The van der Waals surface area contributed by atoms with Crippen LogP contribution in [-0.2, 0) is 24.7 Å². The Bertz CT molecular complexity index is 829. The smallest absolute Gasteiger partial charge is 0.331 e. The van der Waals surface area contributed by atoms with Crippen molar-refractivity contribution < 1.29 is 23.9 Å². The maximum atomic E-state index is 13.0. The fraction of sp³-hybridized carbons (Fsp3) is 0.524. The largest absolute Gasteiger partial charge is 0.467 e. The molecule has 1 heterocycles. The number of ether oxygens (including phenoxy) is 1. The van der Waals surface area contributed by atoms with Gasteiger partial charge in [0.25, 0.3) is 5.91 Å². The molecule has 1 saturated heterocycles. The van der Waals surface area contributed by atoms with Crippen LogP contribution in [0, 0.1) is 6.92 Å². The number of benzene rings is 1. The summed E-state index contributed by atoms with van der Waals surface area (Å²) in [5, 5.41) is 5.42. The molecule has 1 aliphatic heterocycles. The quantitative estimate of drug-likeness (QED) is 0.578. The van der Waals surface area contributed by atoms with E-state index in [0.29, 0.717) is 18.4 Å². The van der Waals surface area contributed by atoms with Crippen molar-refractivity contribution in [3.8, 4) is 0 Å². The number of carbonyl (C=O) groups excluding carboxylic acids is 4. The standard InChI is InChI=1S/C21H27N3O5/c1-14-7-9-15(10-8-14)20(2)17(26)24(19(28)23-20)13-16(25)22-21(18(27)29-3)11-5-4-6-12-21/h7-10H,4-6,11-13H2,1-3H3,(H,22,25)(H,23,28). The molecular weight excluding hydrogens is 374 g/mol. The van der Waals surface area contributed by atoms with Gasteiger partial charge in [-0.1, -0.05) is 49.1 Å². The number of hydrogen-bond acceptors (Lipinski definition) is 5. The number of amides is 4. The summed E-state index contributed by atoms with van der Waals surface area (Å²) in [4.78, 5) is 51.3. The molecule has 2 N–H and O–H groups in total. The molecule has 1 atom stereocenters. The van der Waals surface area contributed by atoms with Gasteiger partial charge in [-0.05, 0) is 32.3 Å². The first kappa shape index (κ1) is 20.8. The molecule has 4 amide bonds. The lowest BCUT2D eigenvalue weighted by Gasteiger charge is -2.35.